The molecule has 0 N–H and O–H groups in total. The molecule has 1 heterocycles. The summed E-state index contributed by atoms with van der Waals surface area (Å²) in [5.41, 5.74) is 1.91. The molecule has 0 unspecified atom stereocenters. The predicted octanol–water partition coefficient (Wildman–Crippen LogP) is 9.82. The van der Waals surface area contributed by atoms with E-state index in [4.69, 9.17) is 18.9 Å². The summed E-state index contributed by atoms with van der Waals surface area (Å²) < 4.78 is 23.0. The molecule has 7 heteroatoms. The summed E-state index contributed by atoms with van der Waals surface area (Å²) in [6.45, 7) is 8.07. The number of hydrogen-bond donors (Lipinski definition) is 0. The monoisotopic (exact) mass is 614 g/mol. The first-order valence-corrected chi connectivity index (χ1v) is 16.0. The van der Waals surface area contributed by atoms with Crippen LogP contribution in [0, 0.1) is 0 Å². The third-order valence-corrected chi connectivity index (χ3v) is 8.34. The summed E-state index contributed by atoms with van der Waals surface area (Å²) in [5.74, 6) is 3.90. The molecule has 5 nitrogen and oxygen atoms in total. The second-order valence-corrected chi connectivity index (χ2v) is 12.4. The number of methoxy groups -OCH3 is 2. The van der Waals surface area contributed by atoms with Crippen LogP contribution in [-0.4, -0.2) is 38.0 Å². The van der Waals surface area contributed by atoms with Crippen LogP contribution in [0.5, 0.6) is 23.0 Å². The second-order valence-electron chi connectivity index (χ2n) is 10.3. The van der Waals surface area contributed by atoms with Gasteiger partial charge in [-0.1, -0.05) is 6.07 Å². The van der Waals surface area contributed by atoms with Crippen molar-refractivity contribution in [2.75, 3.05) is 20.0 Å². The van der Waals surface area contributed by atoms with Crippen LogP contribution in [0.15, 0.2) is 102 Å². The standard InChI is InChI=1S/C18H20O3S.C18H18O2S/c1-13(2)21-16-5-4-6-17(11-16)22-12-18(19)14-7-9-15(20-3)10-8-14;1-12(2)20-16-9-6-14-10-17(21-18(14)11-16)13-4-7-15(19-3)8-5-13/h4-11,13H,12H2,1-3H3;4-12H,1-3H3. The number of hydrogen-bond acceptors (Lipinski definition) is 7. The Balaban J connectivity index is 0.000000197. The molecule has 0 atom stereocenters. The quantitative estimate of drug-likeness (QED) is 0.109. The smallest absolute Gasteiger partial charge is 0.173 e. The van der Waals surface area contributed by atoms with Gasteiger partial charge in [-0.25, -0.2) is 0 Å². The number of thioether (sulfide) groups is 1. The highest BCUT2D eigenvalue weighted by Crippen LogP contribution is 2.36. The van der Waals surface area contributed by atoms with Crippen LogP contribution < -0.4 is 18.9 Å². The fourth-order valence-electron chi connectivity index (χ4n) is 4.17. The molecule has 0 amide bonds. The van der Waals surface area contributed by atoms with Gasteiger partial charge in [0.1, 0.15) is 23.0 Å². The minimum Gasteiger partial charge on any atom is -0.497 e. The van der Waals surface area contributed by atoms with Crippen molar-refractivity contribution in [2.24, 2.45) is 0 Å². The summed E-state index contributed by atoms with van der Waals surface area (Å²) in [4.78, 5) is 14.5. The van der Waals surface area contributed by atoms with Crippen molar-refractivity contribution in [3.63, 3.8) is 0 Å². The van der Waals surface area contributed by atoms with Gasteiger partial charge in [-0.3, -0.25) is 4.79 Å². The SMILES string of the molecule is COc1ccc(-c2cc3ccc(OC(C)C)cc3s2)cc1.COc1ccc(C(=O)CSc2cccc(OC(C)C)c2)cc1. The highest BCUT2D eigenvalue weighted by Gasteiger charge is 2.09. The van der Waals surface area contributed by atoms with Gasteiger partial charge in [-0.2, -0.15) is 0 Å². The molecule has 1 aromatic heterocycles. The Morgan fingerprint density at radius 1 is 0.698 bits per heavy atom. The molecule has 0 bridgehead atoms. The number of fused-ring (bicyclic) bond motifs is 1. The Bertz CT molecular complexity index is 1610. The van der Waals surface area contributed by atoms with Gasteiger partial charge in [0, 0.05) is 20.0 Å². The molecule has 4 aromatic carbocycles. The first kappa shape index (κ1) is 32.0. The topological polar surface area (TPSA) is 54.0 Å². The van der Waals surface area contributed by atoms with E-state index in [1.807, 2.05) is 70.2 Å². The maximum Gasteiger partial charge on any atom is 0.173 e. The van der Waals surface area contributed by atoms with Crippen molar-refractivity contribution in [2.45, 2.75) is 44.8 Å². The molecule has 0 spiro atoms. The normalized spacial score (nSPS) is 10.8. The lowest BCUT2D eigenvalue weighted by Gasteiger charge is -2.10. The van der Waals surface area contributed by atoms with Crippen LogP contribution in [0.4, 0.5) is 0 Å². The summed E-state index contributed by atoms with van der Waals surface area (Å²) in [7, 11) is 3.30. The lowest BCUT2D eigenvalue weighted by Crippen LogP contribution is -2.05. The van der Waals surface area contributed by atoms with Crippen LogP contribution in [-0.2, 0) is 0 Å². The van der Waals surface area contributed by atoms with Crippen molar-refractivity contribution >= 4 is 39.0 Å². The summed E-state index contributed by atoms with van der Waals surface area (Å²) in [6.07, 6.45) is 0.338. The second kappa shape index (κ2) is 15.5. The number of ketones is 1. The number of Topliss-reactive ketones (excluding diaryl/α,β-unsaturated/α-hetero) is 1. The molecule has 0 radical (unpaired) electrons. The Morgan fingerprint density at radius 2 is 1.28 bits per heavy atom. The first-order valence-electron chi connectivity index (χ1n) is 14.2. The number of ether oxygens (including phenoxy) is 4. The summed E-state index contributed by atoms with van der Waals surface area (Å²) >= 11 is 3.30. The number of rotatable bonds is 11. The van der Waals surface area contributed by atoms with Gasteiger partial charge in [0.25, 0.3) is 0 Å². The number of carbonyl (C=O) groups is 1. The first-order chi connectivity index (χ1) is 20.7. The molecule has 0 aliphatic heterocycles. The zero-order chi connectivity index (χ0) is 30.8. The Morgan fingerprint density at radius 3 is 1.88 bits per heavy atom. The molecule has 5 rings (SSSR count). The fourth-order valence-corrected chi connectivity index (χ4v) is 6.11. The average Bonchev–Trinajstić information content (AvgIpc) is 3.43. The molecule has 5 aromatic rings. The minimum absolute atomic E-state index is 0.0998. The van der Waals surface area contributed by atoms with Crippen LogP contribution in [0.1, 0.15) is 38.1 Å². The van der Waals surface area contributed by atoms with Crippen LogP contribution >= 0.6 is 23.1 Å². The Hall–Kier alpha value is -3.94. The zero-order valence-corrected chi connectivity index (χ0v) is 27.1. The van der Waals surface area contributed by atoms with Crippen LogP contribution in [0.2, 0.25) is 0 Å². The van der Waals surface area contributed by atoms with Crippen molar-refractivity contribution in [3.05, 3.63) is 103 Å². The van der Waals surface area contributed by atoms with E-state index in [-0.39, 0.29) is 18.0 Å². The van der Waals surface area contributed by atoms with Gasteiger partial charge >= 0.3 is 0 Å². The fraction of sp³-hybridized carbons (Fsp3) is 0.250. The van der Waals surface area contributed by atoms with E-state index in [0.717, 1.165) is 27.9 Å². The third kappa shape index (κ3) is 9.53. The lowest BCUT2D eigenvalue weighted by atomic mass is 10.1. The third-order valence-electron chi connectivity index (χ3n) is 6.20. The van der Waals surface area contributed by atoms with E-state index in [2.05, 4.69) is 30.3 Å². The average molecular weight is 615 g/mol. The van der Waals surface area contributed by atoms with Gasteiger partial charge in [0.15, 0.2) is 5.78 Å². The molecule has 43 heavy (non-hydrogen) atoms. The molecule has 224 valence electrons. The van der Waals surface area contributed by atoms with E-state index < -0.39 is 0 Å². The molecule has 0 saturated carbocycles. The highest BCUT2D eigenvalue weighted by atomic mass is 32.2. The van der Waals surface area contributed by atoms with Gasteiger partial charge in [0.2, 0.25) is 0 Å². The lowest BCUT2D eigenvalue weighted by molar-refractivity contribution is 0.102. The highest BCUT2D eigenvalue weighted by molar-refractivity contribution is 8.00. The van der Waals surface area contributed by atoms with E-state index in [1.165, 1.54) is 32.3 Å². The van der Waals surface area contributed by atoms with Gasteiger partial charge in [-0.05, 0) is 130 Å². The summed E-state index contributed by atoms with van der Waals surface area (Å²) in [5, 5.41) is 1.25. The van der Waals surface area contributed by atoms with E-state index in [1.54, 1.807) is 49.8 Å². The molecular weight excluding hydrogens is 577 g/mol. The van der Waals surface area contributed by atoms with Crippen molar-refractivity contribution < 1.29 is 23.7 Å². The molecular formula is C36H38O5S2. The van der Waals surface area contributed by atoms with Crippen molar-refractivity contribution in [3.8, 4) is 33.4 Å². The van der Waals surface area contributed by atoms with Crippen LogP contribution in [0.3, 0.4) is 0 Å². The van der Waals surface area contributed by atoms with E-state index in [0.29, 0.717) is 11.3 Å². The number of carbonyl (C=O) groups excluding carboxylic acids is 1. The molecule has 0 aliphatic rings. The van der Waals surface area contributed by atoms with E-state index in [9.17, 15) is 4.79 Å². The summed E-state index contributed by atoms with van der Waals surface area (Å²) in [6, 6.07) is 31.7. The number of benzene rings is 4. The Labute approximate surface area is 262 Å². The molecule has 0 aliphatic carbocycles. The largest absolute Gasteiger partial charge is 0.497 e. The van der Waals surface area contributed by atoms with Gasteiger partial charge in [0.05, 0.1) is 32.2 Å². The predicted molar refractivity (Wildman–Crippen MR) is 180 cm³/mol. The van der Waals surface area contributed by atoms with Crippen LogP contribution in [0.25, 0.3) is 20.5 Å². The maximum atomic E-state index is 12.2. The van der Waals surface area contributed by atoms with Gasteiger partial charge in [-0.15, -0.1) is 23.1 Å². The molecule has 0 fully saturated rings. The maximum absolute atomic E-state index is 12.2. The van der Waals surface area contributed by atoms with E-state index >= 15 is 0 Å². The van der Waals surface area contributed by atoms with Crippen molar-refractivity contribution in [1.29, 1.82) is 0 Å². The molecule has 0 saturated heterocycles. The number of thiophene rings is 1. The Kier molecular flexibility index (Phi) is 11.5. The minimum atomic E-state index is 0.0998. The van der Waals surface area contributed by atoms with Crippen molar-refractivity contribution in [1.82, 2.24) is 0 Å². The van der Waals surface area contributed by atoms with Gasteiger partial charge < -0.3 is 18.9 Å². The zero-order valence-electron chi connectivity index (χ0n) is 25.5.